The Morgan fingerprint density at radius 1 is 1.00 bits per heavy atom. The molecular weight excluding hydrogens is 412 g/mol. The first kappa shape index (κ1) is 19.7. The van der Waals surface area contributed by atoms with E-state index in [0.29, 0.717) is 37.9 Å². The lowest BCUT2D eigenvalue weighted by Gasteiger charge is -2.35. The number of alkyl halides is 3. The zero-order valence-electron chi connectivity index (χ0n) is 15.0. The molecule has 5 nitrogen and oxygen atoms in total. The second-order valence-electron chi connectivity index (χ2n) is 7.04. The number of hydrogen-bond donors (Lipinski definition) is 1. The molecule has 0 fully saturated rings. The van der Waals surface area contributed by atoms with Gasteiger partial charge >= 0.3 is 6.18 Å². The number of carbonyl (C=O) groups excluding carboxylic acids is 1. The summed E-state index contributed by atoms with van der Waals surface area (Å²) in [5, 5.41) is 0. The summed E-state index contributed by atoms with van der Waals surface area (Å²) in [4.78, 5) is 13.7. The molecule has 0 atom stereocenters. The summed E-state index contributed by atoms with van der Waals surface area (Å²) in [6.07, 6.45) is -2.98. The molecule has 154 valence electrons. The van der Waals surface area contributed by atoms with Crippen LogP contribution < -0.4 is 9.62 Å². The van der Waals surface area contributed by atoms with Crippen LogP contribution >= 0.6 is 0 Å². The molecule has 0 bridgehead atoms. The van der Waals surface area contributed by atoms with E-state index < -0.39 is 27.6 Å². The Morgan fingerprint density at radius 3 is 2.38 bits per heavy atom. The van der Waals surface area contributed by atoms with Crippen LogP contribution in [0, 0.1) is 5.82 Å². The predicted octanol–water partition coefficient (Wildman–Crippen LogP) is 3.87. The van der Waals surface area contributed by atoms with Crippen LogP contribution in [-0.4, -0.2) is 20.9 Å². The number of aryl methyl sites for hydroxylation is 2. The summed E-state index contributed by atoms with van der Waals surface area (Å²) < 4.78 is 79.8. The molecule has 2 aromatic rings. The van der Waals surface area contributed by atoms with E-state index in [9.17, 15) is 30.8 Å². The van der Waals surface area contributed by atoms with Crippen molar-refractivity contribution in [3.8, 4) is 0 Å². The van der Waals surface area contributed by atoms with E-state index in [0.717, 1.165) is 22.9 Å². The monoisotopic (exact) mass is 428 g/mol. The van der Waals surface area contributed by atoms with Crippen LogP contribution in [0.1, 0.15) is 29.5 Å². The van der Waals surface area contributed by atoms with Crippen LogP contribution in [-0.2, 0) is 33.8 Å². The van der Waals surface area contributed by atoms with Crippen molar-refractivity contribution < 1.29 is 30.8 Å². The number of anilines is 2. The molecule has 2 aliphatic heterocycles. The summed E-state index contributed by atoms with van der Waals surface area (Å²) in [5.74, 6) is -1.48. The van der Waals surface area contributed by atoms with Gasteiger partial charge in [-0.2, -0.15) is 13.2 Å². The molecule has 29 heavy (non-hydrogen) atoms. The fourth-order valence-corrected chi connectivity index (χ4v) is 4.95. The van der Waals surface area contributed by atoms with Crippen molar-refractivity contribution in [2.75, 3.05) is 16.2 Å². The van der Waals surface area contributed by atoms with Gasteiger partial charge in [-0.05, 0) is 60.7 Å². The highest BCUT2D eigenvalue weighted by atomic mass is 32.2. The Kier molecular flexibility index (Phi) is 4.56. The van der Waals surface area contributed by atoms with Crippen LogP contribution in [0.5, 0.6) is 0 Å². The van der Waals surface area contributed by atoms with Crippen molar-refractivity contribution in [3.63, 3.8) is 0 Å². The van der Waals surface area contributed by atoms with E-state index in [1.165, 1.54) is 12.1 Å². The Hall–Kier alpha value is -2.62. The SMILES string of the molecule is O=C1CCc2cc(S(=O)(=O)Nc3ccc(F)c(C(F)(F)F)c3)cc3c2N1CCC3. The third-order valence-electron chi connectivity index (χ3n) is 5.08. The van der Waals surface area contributed by atoms with E-state index >= 15 is 0 Å². The lowest BCUT2D eigenvalue weighted by atomic mass is 9.92. The van der Waals surface area contributed by atoms with Crippen LogP contribution in [0.25, 0.3) is 0 Å². The molecule has 10 heteroatoms. The zero-order valence-corrected chi connectivity index (χ0v) is 15.8. The van der Waals surface area contributed by atoms with Gasteiger partial charge in [-0.3, -0.25) is 9.52 Å². The first-order chi connectivity index (χ1) is 13.6. The van der Waals surface area contributed by atoms with Crippen molar-refractivity contribution in [1.82, 2.24) is 0 Å². The van der Waals surface area contributed by atoms with Crippen LogP contribution in [0.3, 0.4) is 0 Å². The van der Waals surface area contributed by atoms with Crippen molar-refractivity contribution in [3.05, 3.63) is 52.8 Å². The molecule has 1 N–H and O–H groups in total. The van der Waals surface area contributed by atoms with Gasteiger partial charge in [-0.25, -0.2) is 12.8 Å². The fraction of sp³-hybridized carbons (Fsp3) is 0.316. The quantitative estimate of drug-likeness (QED) is 0.755. The van der Waals surface area contributed by atoms with E-state index in [4.69, 9.17) is 0 Å². The maximum absolute atomic E-state index is 13.5. The second-order valence-corrected chi connectivity index (χ2v) is 8.72. The number of nitrogens with zero attached hydrogens (tertiary/aromatic N) is 1. The summed E-state index contributed by atoms with van der Waals surface area (Å²) in [7, 11) is -4.20. The average molecular weight is 428 g/mol. The highest BCUT2D eigenvalue weighted by Gasteiger charge is 2.35. The number of rotatable bonds is 3. The topological polar surface area (TPSA) is 66.5 Å². The molecule has 0 unspecified atom stereocenters. The number of nitrogens with one attached hydrogen (secondary N) is 1. The molecule has 0 saturated carbocycles. The maximum atomic E-state index is 13.5. The average Bonchev–Trinajstić information content (AvgIpc) is 2.65. The Balaban J connectivity index is 1.72. The van der Waals surface area contributed by atoms with Crippen LogP contribution in [0.15, 0.2) is 35.2 Å². The fourth-order valence-electron chi connectivity index (χ4n) is 3.80. The largest absolute Gasteiger partial charge is 0.419 e. The Labute approximate surface area is 164 Å². The third kappa shape index (κ3) is 3.57. The molecule has 0 spiro atoms. The van der Waals surface area contributed by atoms with Gasteiger partial charge in [-0.15, -0.1) is 0 Å². The highest BCUT2D eigenvalue weighted by Crippen LogP contribution is 2.38. The van der Waals surface area contributed by atoms with Crippen LogP contribution in [0.4, 0.5) is 28.9 Å². The lowest BCUT2D eigenvalue weighted by Crippen LogP contribution is -2.39. The molecule has 0 aliphatic carbocycles. The van der Waals surface area contributed by atoms with Crippen molar-refractivity contribution in [2.45, 2.75) is 36.8 Å². The predicted molar refractivity (Wildman–Crippen MR) is 97.6 cm³/mol. The summed E-state index contributed by atoms with van der Waals surface area (Å²) in [6, 6.07) is 4.82. The number of amides is 1. The summed E-state index contributed by atoms with van der Waals surface area (Å²) in [6.45, 7) is 0.582. The number of carbonyl (C=O) groups is 1. The van der Waals surface area contributed by atoms with Gasteiger partial charge < -0.3 is 4.90 Å². The first-order valence-corrected chi connectivity index (χ1v) is 10.4. The van der Waals surface area contributed by atoms with Crippen molar-refractivity contribution >= 4 is 27.3 Å². The molecule has 2 heterocycles. The number of hydrogen-bond acceptors (Lipinski definition) is 3. The molecule has 0 radical (unpaired) electrons. The standard InChI is InChI=1S/C19H16F4N2O3S/c20-16-5-4-13(10-15(16)19(21,22)23)24-29(27,28)14-8-11-2-1-7-25-17(26)6-3-12(9-14)18(11)25/h4-5,8-10,24H,1-3,6-7H2. The van der Waals surface area contributed by atoms with Gasteiger partial charge in [0.15, 0.2) is 0 Å². The van der Waals surface area contributed by atoms with Gasteiger partial charge in [0.1, 0.15) is 5.82 Å². The first-order valence-electron chi connectivity index (χ1n) is 8.92. The highest BCUT2D eigenvalue weighted by molar-refractivity contribution is 7.92. The smallest absolute Gasteiger partial charge is 0.312 e. The normalized spacial score (nSPS) is 16.6. The van der Waals surface area contributed by atoms with Gasteiger partial charge in [0.2, 0.25) is 5.91 Å². The second kappa shape index (κ2) is 6.72. The minimum Gasteiger partial charge on any atom is -0.312 e. The molecule has 0 saturated heterocycles. The van der Waals surface area contributed by atoms with Gasteiger partial charge in [0, 0.05) is 18.7 Å². The van der Waals surface area contributed by atoms with E-state index in [-0.39, 0.29) is 22.9 Å². The van der Waals surface area contributed by atoms with Gasteiger partial charge in [0.25, 0.3) is 10.0 Å². The summed E-state index contributed by atoms with van der Waals surface area (Å²) in [5.41, 5.74) is 0.247. The number of sulfonamides is 1. The number of halogens is 4. The molecular formula is C19H16F4N2O3S. The Morgan fingerprint density at radius 2 is 1.69 bits per heavy atom. The minimum atomic E-state index is -4.95. The number of benzene rings is 2. The molecule has 2 aliphatic rings. The molecule has 1 amide bonds. The third-order valence-corrected chi connectivity index (χ3v) is 6.44. The molecule has 2 aromatic carbocycles. The minimum absolute atomic E-state index is 0.00169. The van der Waals surface area contributed by atoms with E-state index in [2.05, 4.69) is 4.72 Å². The Bertz CT molecular complexity index is 1100. The zero-order chi connectivity index (χ0) is 21.0. The molecule has 4 rings (SSSR count). The maximum Gasteiger partial charge on any atom is 0.419 e. The van der Waals surface area contributed by atoms with E-state index in [1.54, 1.807) is 4.90 Å². The summed E-state index contributed by atoms with van der Waals surface area (Å²) >= 11 is 0. The molecule has 0 aromatic heterocycles. The van der Waals surface area contributed by atoms with Gasteiger partial charge in [-0.1, -0.05) is 0 Å². The van der Waals surface area contributed by atoms with Crippen LogP contribution in [0.2, 0.25) is 0 Å². The van der Waals surface area contributed by atoms with Gasteiger partial charge in [0.05, 0.1) is 16.1 Å². The van der Waals surface area contributed by atoms with Crippen molar-refractivity contribution in [1.29, 1.82) is 0 Å². The van der Waals surface area contributed by atoms with E-state index in [1.807, 2.05) is 0 Å². The lowest BCUT2D eigenvalue weighted by molar-refractivity contribution is -0.139. The van der Waals surface area contributed by atoms with Crippen molar-refractivity contribution in [2.24, 2.45) is 0 Å².